The van der Waals surface area contributed by atoms with Gasteiger partial charge in [0.05, 0.1) is 0 Å². The SMILES string of the molecule is C[Si](C)(C(F)=C(F)Cc1ccccc1Oc1ccc(F)cc1)c1ccc(CF)cc1. The first-order valence-electron chi connectivity index (χ1n) is 9.52. The highest BCUT2D eigenvalue weighted by molar-refractivity contribution is 6.95. The number of hydrogen-bond donors (Lipinski definition) is 0. The highest BCUT2D eigenvalue weighted by Gasteiger charge is 2.32. The fourth-order valence-corrected chi connectivity index (χ4v) is 5.12. The van der Waals surface area contributed by atoms with Crippen molar-refractivity contribution in [3.8, 4) is 11.5 Å². The molecule has 156 valence electrons. The third-order valence-electron chi connectivity index (χ3n) is 4.98. The van der Waals surface area contributed by atoms with E-state index in [2.05, 4.69) is 0 Å². The molecule has 0 aliphatic carbocycles. The van der Waals surface area contributed by atoms with Crippen LogP contribution < -0.4 is 9.92 Å². The summed E-state index contributed by atoms with van der Waals surface area (Å²) < 4.78 is 61.7. The standard InChI is InChI=1S/C24H22F4OSi/c1-30(2,21-13-7-17(16-25)8-14-21)24(28)22(27)15-18-5-3-4-6-23(18)29-20-11-9-19(26)10-12-20/h3-14H,15-16H2,1-2H3. The van der Waals surface area contributed by atoms with Crippen molar-refractivity contribution < 1.29 is 22.3 Å². The zero-order chi connectivity index (χ0) is 21.7. The van der Waals surface area contributed by atoms with E-state index in [-0.39, 0.29) is 6.42 Å². The van der Waals surface area contributed by atoms with E-state index in [4.69, 9.17) is 4.74 Å². The van der Waals surface area contributed by atoms with Crippen LogP contribution >= 0.6 is 0 Å². The molecular formula is C24H22F4OSi. The number of hydrogen-bond acceptors (Lipinski definition) is 1. The van der Waals surface area contributed by atoms with Gasteiger partial charge in [0.25, 0.3) is 0 Å². The van der Waals surface area contributed by atoms with Crippen molar-refractivity contribution >= 4 is 13.3 Å². The lowest BCUT2D eigenvalue weighted by atomic mass is 10.1. The van der Waals surface area contributed by atoms with Gasteiger partial charge in [0, 0.05) is 12.0 Å². The van der Waals surface area contributed by atoms with Gasteiger partial charge in [-0.3, -0.25) is 0 Å². The van der Waals surface area contributed by atoms with Gasteiger partial charge in [0.15, 0.2) is 8.07 Å². The molecule has 3 aromatic carbocycles. The molecule has 0 N–H and O–H groups in total. The van der Waals surface area contributed by atoms with Crippen LogP contribution in [0.1, 0.15) is 11.1 Å². The lowest BCUT2D eigenvalue weighted by Crippen LogP contribution is -2.43. The Kier molecular flexibility index (Phi) is 6.77. The number of halogens is 4. The molecule has 1 nitrogen and oxygen atoms in total. The molecule has 0 heterocycles. The Balaban J connectivity index is 1.85. The number of ether oxygens (including phenoxy) is 1. The van der Waals surface area contributed by atoms with Crippen LogP contribution in [0.15, 0.2) is 84.1 Å². The van der Waals surface area contributed by atoms with Crippen LogP contribution in [0.3, 0.4) is 0 Å². The van der Waals surface area contributed by atoms with Crippen molar-refractivity contribution in [3.63, 3.8) is 0 Å². The van der Waals surface area contributed by atoms with E-state index >= 15 is 4.39 Å². The molecule has 0 fully saturated rings. The third-order valence-corrected chi connectivity index (χ3v) is 8.12. The van der Waals surface area contributed by atoms with Crippen molar-refractivity contribution in [2.24, 2.45) is 0 Å². The van der Waals surface area contributed by atoms with Gasteiger partial charge in [-0.05, 0) is 35.9 Å². The Bertz CT molecular complexity index is 1030. The molecule has 3 aromatic rings. The summed E-state index contributed by atoms with van der Waals surface area (Å²) in [7, 11) is -2.90. The largest absolute Gasteiger partial charge is 0.457 e. The van der Waals surface area contributed by atoms with Gasteiger partial charge < -0.3 is 4.74 Å². The summed E-state index contributed by atoms with van der Waals surface area (Å²) in [5.74, 6) is -0.468. The minimum absolute atomic E-state index is 0.262. The lowest BCUT2D eigenvalue weighted by Gasteiger charge is -2.22. The van der Waals surface area contributed by atoms with Gasteiger partial charge in [-0.2, -0.15) is 0 Å². The van der Waals surface area contributed by atoms with Crippen molar-refractivity contribution in [2.45, 2.75) is 26.2 Å². The normalized spacial score (nSPS) is 12.5. The van der Waals surface area contributed by atoms with Crippen LogP contribution in [0.4, 0.5) is 17.6 Å². The average molecular weight is 431 g/mol. The van der Waals surface area contributed by atoms with Crippen molar-refractivity contribution in [1.82, 2.24) is 0 Å². The molecule has 0 spiro atoms. The van der Waals surface area contributed by atoms with Gasteiger partial charge in [-0.15, -0.1) is 0 Å². The van der Waals surface area contributed by atoms with E-state index < -0.39 is 31.8 Å². The zero-order valence-corrected chi connectivity index (χ0v) is 17.8. The summed E-state index contributed by atoms with van der Waals surface area (Å²) in [5, 5.41) is 0.684. The molecule has 0 radical (unpaired) electrons. The first-order valence-corrected chi connectivity index (χ1v) is 12.5. The summed E-state index contributed by atoms with van der Waals surface area (Å²) in [6.07, 6.45) is -0.262. The van der Waals surface area contributed by atoms with E-state index in [0.717, 1.165) is 0 Å². The second-order valence-electron chi connectivity index (χ2n) is 7.51. The molecule has 0 amide bonds. The Morgan fingerprint density at radius 2 is 1.50 bits per heavy atom. The monoisotopic (exact) mass is 430 g/mol. The maximum absolute atomic E-state index is 15.1. The molecular weight excluding hydrogens is 408 g/mol. The lowest BCUT2D eigenvalue weighted by molar-refractivity contribution is 0.470. The molecule has 0 aliphatic rings. The van der Waals surface area contributed by atoms with Crippen LogP contribution in [-0.4, -0.2) is 8.07 Å². The molecule has 30 heavy (non-hydrogen) atoms. The molecule has 0 saturated heterocycles. The van der Waals surface area contributed by atoms with Gasteiger partial charge in [-0.25, -0.2) is 17.6 Å². The van der Waals surface area contributed by atoms with Crippen LogP contribution in [0.2, 0.25) is 13.1 Å². The van der Waals surface area contributed by atoms with Crippen LogP contribution in [-0.2, 0) is 13.1 Å². The summed E-state index contributed by atoms with van der Waals surface area (Å²) in [5.41, 5.74) is 0.222. The first-order chi connectivity index (χ1) is 14.3. The van der Waals surface area contributed by atoms with Crippen molar-refractivity contribution in [3.05, 3.63) is 101 Å². The topological polar surface area (TPSA) is 9.23 Å². The second-order valence-corrected chi connectivity index (χ2v) is 11.8. The van der Waals surface area contributed by atoms with Gasteiger partial charge in [-0.1, -0.05) is 60.7 Å². The number of rotatable bonds is 7. The fourth-order valence-electron chi connectivity index (χ4n) is 3.10. The number of para-hydroxylation sites is 1. The molecule has 0 bridgehead atoms. The predicted molar refractivity (Wildman–Crippen MR) is 114 cm³/mol. The van der Waals surface area contributed by atoms with E-state index in [1.54, 1.807) is 61.6 Å². The number of alkyl halides is 1. The highest BCUT2D eigenvalue weighted by atomic mass is 28.3. The maximum atomic E-state index is 15.1. The molecule has 0 unspecified atom stereocenters. The summed E-state index contributed by atoms with van der Waals surface area (Å²) in [6.45, 7) is 2.83. The molecule has 0 aromatic heterocycles. The Labute approximate surface area is 174 Å². The summed E-state index contributed by atoms with van der Waals surface area (Å²) in [6, 6.07) is 18.8. The van der Waals surface area contributed by atoms with Gasteiger partial charge in [0.2, 0.25) is 0 Å². The zero-order valence-electron chi connectivity index (χ0n) is 16.8. The number of benzene rings is 3. The smallest absolute Gasteiger partial charge is 0.151 e. The summed E-state index contributed by atoms with van der Waals surface area (Å²) in [4.78, 5) is 0. The van der Waals surface area contributed by atoms with E-state index in [1.165, 1.54) is 24.3 Å². The Morgan fingerprint density at radius 3 is 2.13 bits per heavy atom. The second kappa shape index (κ2) is 9.30. The molecule has 0 atom stereocenters. The number of allylic oxidation sites excluding steroid dienone is 1. The maximum Gasteiger partial charge on any atom is 0.151 e. The van der Waals surface area contributed by atoms with E-state index in [1.807, 2.05) is 0 Å². The van der Waals surface area contributed by atoms with Crippen molar-refractivity contribution in [2.75, 3.05) is 0 Å². The van der Waals surface area contributed by atoms with Crippen molar-refractivity contribution in [1.29, 1.82) is 0 Å². The first kappa shape index (κ1) is 21.8. The van der Waals surface area contributed by atoms with Gasteiger partial charge in [0.1, 0.15) is 35.3 Å². The Hall–Kier alpha value is -2.86. The van der Waals surface area contributed by atoms with Crippen LogP contribution in [0.25, 0.3) is 0 Å². The quantitative estimate of drug-likeness (QED) is 0.292. The summed E-state index contributed by atoms with van der Waals surface area (Å²) >= 11 is 0. The molecule has 3 rings (SSSR count). The van der Waals surface area contributed by atoms with Gasteiger partial charge >= 0.3 is 0 Å². The Morgan fingerprint density at radius 1 is 0.867 bits per heavy atom. The molecule has 0 saturated carbocycles. The third kappa shape index (κ3) is 5.00. The van der Waals surface area contributed by atoms with Crippen LogP contribution in [0.5, 0.6) is 11.5 Å². The molecule has 0 aliphatic heterocycles. The van der Waals surface area contributed by atoms with E-state index in [9.17, 15) is 13.2 Å². The van der Waals surface area contributed by atoms with E-state index in [0.29, 0.717) is 27.8 Å². The molecule has 6 heteroatoms. The van der Waals surface area contributed by atoms with Crippen LogP contribution in [0, 0.1) is 5.82 Å². The average Bonchev–Trinajstić information content (AvgIpc) is 2.76. The fraction of sp³-hybridized carbons (Fsp3) is 0.167. The minimum atomic E-state index is -2.90. The highest BCUT2D eigenvalue weighted by Crippen LogP contribution is 2.30. The minimum Gasteiger partial charge on any atom is -0.457 e. The predicted octanol–water partition coefficient (Wildman–Crippen LogP) is 6.94.